The zero-order chi connectivity index (χ0) is 23.7. The molecule has 0 aliphatic carbocycles. The Morgan fingerprint density at radius 1 is 1.29 bits per heavy atom. The number of alkyl halides is 3. The summed E-state index contributed by atoms with van der Waals surface area (Å²) in [5.74, 6) is 0. The smallest absolute Gasteiger partial charge is 0.392 e. The molecule has 0 bridgehead atoms. The van der Waals surface area contributed by atoms with Gasteiger partial charge in [-0.2, -0.15) is 13.2 Å². The van der Waals surface area contributed by atoms with Crippen LogP contribution in [0.3, 0.4) is 0 Å². The quantitative estimate of drug-likeness (QED) is 0.301. The van der Waals surface area contributed by atoms with Crippen molar-refractivity contribution < 1.29 is 23.0 Å². The van der Waals surface area contributed by atoms with Crippen molar-refractivity contribution in [2.75, 3.05) is 5.73 Å². The number of anilines is 1. The maximum absolute atomic E-state index is 12.8. The van der Waals surface area contributed by atoms with E-state index in [1.54, 1.807) is 32.9 Å². The number of thioether (sulfide) groups is 1. The molecule has 0 aliphatic rings. The number of aliphatic hydroxyl groups excluding tert-OH is 1. The van der Waals surface area contributed by atoms with Crippen molar-refractivity contribution in [1.29, 1.82) is 0 Å². The van der Waals surface area contributed by atoms with Crippen LogP contribution in [0.2, 0.25) is 10.0 Å². The summed E-state index contributed by atoms with van der Waals surface area (Å²) in [5.41, 5.74) is 3.76. The molecular formula is C18H20Cl2F3N3O4S. The van der Waals surface area contributed by atoms with E-state index >= 15 is 0 Å². The lowest BCUT2D eigenvalue weighted by Crippen LogP contribution is -2.41. The van der Waals surface area contributed by atoms with Gasteiger partial charge in [-0.3, -0.25) is 14.3 Å². The molecule has 0 saturated carbocycles. The number of aromatic amines is 1. The minimum Gasteiger partial charge on any atom is -0.392 e. The Morgan fingerprint density at radius 3 is 2.45 bits per heavy atom. The lowest BCUT2D eigenvalue weighted by Gasteiger charge is -2.30. The Morgan fingerprint density at radius 2 is 1.90 bits per heavy atom. The van der Waals surface area contributed by atoms with E-state index in [1.807, 2.05) is 4.98 Å². The molecule has 0 amide bonds. The fraction of sp³-hybridized carbons (Fsp3) is 0.444. The minimum atomic E-state index is -4.97. The molecular weight excluding hydrogens is 482 g/mol. The van der Waals surface area contributed by atoms with E-state index in [2.05, 4.69) is 0 Å². The number of H-pyrrole nitrogens is 1. The lowest BCUT2D eigenvalue weighted by molar-refractivity contribution is -0.208. The molecule has 0 radical (unpaired) electrons. The fourth-order valence-corrected chi connectivity index (χ4v) is 4.39. The number of ether oxygens (including phenoxy) is 1. The first-order valence-corrected chi connectivity index (χ1v) is 10.4. The van der Waals surface area contributed by atoms with E-state index in [0.717, 1.165) is 11.8 Å². The van der Waals surface area contributed by atoms with Crippen LogP contribution in [-0.2, 0) is 11.3 Å². The number of halogens is 5. The Balaban J connectivity index is 2.39. The maximum atomic E-state index is 12.8. The number of nitrogens with one attached hydrogen (secondary N) is 1. The van der Waals surface area contributed by atoms with Crippen LogP contribution in [-0.4, -0.2) is 31.9 Å². The molecule has 4 N–H and O–H groups in total. The Labute approximate surface area is 189 Å². The zero-order valence-electron chi connectivity index (χ0n) is 16.6. The van der Waals surface area contributed by atoms with Crippen LogP contribution in [0, 0.1) is 0 Å². The third-order valence-electron chi connectivity index (χ3n) is 4.12. The fourth-order valence-electron chi connectivity index (χ4n) is 2.70. The predicted octanol–water partition coefficient (Wildman–Crippen LogP) is 3.95. The van der Waals surface area contributed by atoms with Gasteiger partial charge in [-0.05, 0) is 38.5 Å². The molecule has 0 saturated heterocycles. The number of nitrogens with zero attached hydrogens (tertiary/aromatic N) is 1. The average molecular weight is 502 g/mol. The highest BCUT2D eigenvalue weighted by Gasteiger charge is 2.39. The van der Waals surface area contributed by atoms with Crippen molar-refractivity contribution >= 4 is 40.7 Å². The van der Waals surface area contributed by atoms with Crippen LogP contribution in [0.5, 0.6) is 0 Å². The van der Waals surface area contributed by atoms with Crippen molar-refractivity contribution in [2.45, 2.75) is 55.7 Å². The summed E-state index contributed by atoms with van der Waals surface area (Å²) < 4.78 is 45.0. The Bertz CT molecular complexity index is 1070. The van der Waals surface area contributed by atoms with Crippen LogP contribution in [0.25, 0.3) is 0 Å². The van der Waals surface area contributed by atoms with E-state index in [9.17, 15) is 27.9 Å². The minimum absolute atomic E-state index is 0.267. The number of aliphatic hydroxyl groups is 1. The van der Waals surface area contributed by atoms with Gasteiger partial charge in [0.25, 0.3) is 5.56 Å². The normalized spacial score (nSPS) is 14.5. The Kier molecular flexibility index (Phi) is 7.81. The summed E-state index contributed by atoms with van der Waals surface area (Å²) in [6.07, 6.45) is -8.40. The van der Waals surface area contributed by atoms with Crippen LogP contribution < -0.4 is 17.0 Å². The summed E-state index contributed by atoms with van der Waals surface area (Å²) in [4.78, 5) is 24.8. The number of aromatic nitrogens is 2. The molecule has 0 aliphatic heterocycles. The van der Waals surface area contributed by atoms with Gasteiger partial charge in [0.15, 0.2) is 6.10 Å². The first-order chi connectivity index (χ1) is 14.1. The number of rotatable bonds is 7. The molecule has 7 nitrogen and oxygen atoms in total. The molecule has 2 rings (SSSR count). The first-order valence-electron chi connectivity index (χ1n) is 8.81. The van der Waals surface area contributed by atoms with Gasteiger partial charge < -0.3 is 15.6 Å². The van der Waals surface area contributed by atoms with E-state index in [1.165, 1.54) is 6.07 Å². The van der Waals surface area contributed by atoms with Gasteiger partial charge in [-0.1, -0.05) is 41.0 Å². The molecule has 0 fully saturated rings. The molecule has 1 unspecified atom stereocenters. The topological polar surface area (TPSA) is 110 Å². The largest absolute Gasteiger partial charge is 0.416 e. The van der Waals surface area contributed by atoms with E-state index in [0.29, 0.717) is 20.2 Å². The summed E-state index contributed by atoms with van der Waals surface area (Å²) in [6.45, 7) is 3.70. The molecule has 1 aromatic carbocycles. The summed E-state index contributed by atoms with van der Waals surface area (Å²) in [5, 5.41) is 9.92. The maximum Gasteiger partial charge on any atom is 0.416 e. The highest BCUT2D eigenvalue weighted by molar-refractivity contribution is 8.00. The molecule has 31 heavy (non-hydrogen) atoms. The van der Waals surface area contributed by atoms with Crippen LogP contribution >= 0.6 is 35.0 Å². The number of hydrogen-bond acceptors (Lipinski definition) is 6. The zero-order valence-corrected chi connectivity index (χ0v) is 18.9. The van der Waals surface area contributed by atoms with E-state index < -0.39 is 46.8 Å². The third kappa shape index (κ3) is 6.42. The van der Waals surface area contributed by atoms with E-state index in [4.69, 9.17) is 33.7 Å². The van der Waals surface area contributed by atoms with Crippen molar-refractivity contribution in [2.24, 2.45) is 0 Å². The monoisotopic (exact) mass is 501 g/mol. The molecule has 1 heterocycles. The predicted molar refractivity (Wildman–Crippen MR) is 114 cm³/mol. The average Bonchev–Trinajstić information content (AvgIpc) is 2.60. The first kappa shape index (κ1) is 25.6. The highest BCUT2D eigenvalue weighted by Crippen LogP contribution is 2.40. The summed E-state index contributed by atoms with van der Waals surface area (Å²) in [6, 6.07) is 4.81. The van der Waals surface area contributed by atoms with Crippen molar-refractivity contribution in [3.8, 4) is 0 Å². The SMILES string of the molecule is C[C@@H](OC(C)(C)Sc1c(N)c(=O)[nH]c(=O)n1CC(O)C(F)(F)F)c1ccc(Cl)cc1Cl. The van der Waals surface area contributed by atoms with Gasteiger partial charge in [0, 0.05) is 10.0 Å². The van der Waals surface area contributed by atoms with Gasteiger partial charge >= 0.3 is 11.9 Å². The van der Waals surface area contributed by atoms with Crippen molar-refractivity contribution in [3.63, 3.8) is 0 Å². The van der Waals surface area contributed by atoms with Gasteiger partial charge in [0.1, 0.15) is 15.6 Å². The molecule has 2 atom stereocenters. The van der Waals surface area contributed by atoms with Gasteiger partial charge in [0.2, 0.25) is 0 Å². The molecule has 2 aromatic rings. The third-order valence-corrected chi connectivity index (χ3v) is 5.91. The highest BCUT2D eigenvalue weighted by atomic mass is 35.5. The van der Waals surface area contributed by atoms with E-state index in [-0.39, 0.29) is 5.03 Å². The number of nitrogens with two attached hydrogens (primary N) is 1. The van der Waals surface area contributed by atoms with Crippen LogP contribution in [0.15, 0.2) is 32.8 Å². The van der Waals surface area contributed by atoms with Crippen LogP contribution in [0.4, 0.5) is 18.9 Å². The summed E-state index contributed by atoms with van der Waals surface area (Å²) >= 11 is 12.8. The molecule has 0 spiro atoms. The van der Waals surface area contributed by atoms with Gasteiger partial charge in [-0.15, -0.1) is 0 Å². The van der Waals surface area contributed by atoms with Crippen LogP contribution in [0.1, 0.15) is 32.4 Å². The van der Waals surface area contributed by atoms with Gasteiger partial charge in [-0.25, -0.2) is 4.79 Å². The standard InChI is InChI=1S/C18H20Cl2F3N3O4S/c1-8(10-5-4-9(19)6-11(10)20)30-17(2,3)31-15-13(24)14(28)25-16(29)26(15)7-12(27)18(21,22)23/h4-6,8,12,27H,7,24H2,1-3H3,(H,25,28,29)/t8-,12?/m1/s1. The number of nitrogen functional groups attached to an aromatic ring is 1. The second kappa shape index (κ2) is 9.45. The second-order valence-corrected chi connectivity index (χ2v) is 9.49. The second-order valence-electron chi connectivity index (χ2n) is 7.07. The van der Waals surface area contributed by atoms with Crippen molar-refractivity contribution in [3.05, 3.63) is 54.6 Å². The molecule has 172 valence electrons. The van der Waals surface area contributed by atoms with Crippen molar-refractivity contribution in [1.82, 2.24) is 9.55 Å². The Hall–Kier alpha value is -1.66. The summed E-state index contributed by atoms with van der Waals surface area (Å²) in [7, 11) is 0. The molecule has 1 aromatic heterocycles. The lowest BCUT2D eigenvalue weighted by atomic mass is 10.1. The number of benzene rings is 1. The van der Waals surface area contributed by atoms with Gasteiger partial charge in [0.05, 0.1) is 12.6 Å². The molecule has 13 heteroatoms. The number of hydrogen-bond donors (Lipinski definition) is 3.